The van der Waals surface area contributed by atoms with Crippen LogP contribution in [0.15, 0.2) is 97.6 Å². The summed E-state index contributed by atoms with van der Waals surface area (Å²) in [6.07, 6.45) is 3.11. The first-order valence-corrected chi connectivity index (χ1v) is 14.3. The van der Waals surface area contributed by atoms with Gasteiger partial charge in [0.1, 0.15) is 6.61 Å². The summed E-state index contributed by atoms with van der Waals surface area (Å²) in [7, 11) is 0. The molecule has 2 saturated heterocycles. The monoisotopic (exact) mass is 554 g/mol. The van der Waals surface area contributed by atoms with Gasteiger partial charge in [-0.2, -0.15) is 0 Å². The predicted molar refractivity (Wildman–Crippen MR) is 159 cm³/mol. The Hall–Kier alpha value is -4.01. The fourth-order valence-electron chi connectivity index (χ4n) is 6.22. The van der Waals surface area contributed by atoms with Crippen molar-refractivity contribution >= 4 is 11.8 Å². The highest BCUT2D eigenvalue weighted by Gasteiger charge is 2.39. The normalized spacial score (nSPS) is 20.0. The van der Waals surface area contributed by atoms with E-state index >= 15 is 0 Å². The maximum Gasteiger partial charge on any atom is 0.410 e. The molecule has 0 spiro atoms. The molecule has 0 aromatic heterocycles. The van der Waals surface area contributed by atoms with Crippen LogP contribution in [-0.4, -0.2) is 70.5 Å². The summed E-state index contributed by atoms with van der Waals surface area (Å²) < 4.78 is 5.62. The molecular weight excluding hydrogens is 516 g/mol. The van der Waals surface area contributed by atoms with E-state index in [-0.39, 0.29) is 24.4 Å². The van der Waals surface area contributed by atoms with E-state index in [1.54, 1.807) is 23.1 Å². The molecule has 2 atom stereocenters. The topological polar surface area (TPSA) is 79.2 Å². The van der Waals surface area contributed by atoms with Gasteiger partial charge in [-0.25, -0.2) is 4.79 Å². The standard InChI is InChI=1S/C33H38N4O4/c1-2-19-36(33(38)41-25-27-13-15-30(16-14-27)37(39)40)29-17-20-35(21-18-29)32-24-34(22-26-9-5-3-6-10-26)23-31(32)28-11-7-4-8-12-28/h2-16,29,31-32H,1,17-25H2/t31-,32+/m0/s1. The number of rotatable bonds is 10. The van der Waals surface area contributed by atoms with Gasteiger partial charge in [0.05, 0.1) is 4.92 Å². The van der Waals surface area contributed by atoms with Crippen molar-refractivity contribution in [2.45, 2.75) is 44.0 Å². The fraction of sp³-hybridized carbons (Fsp3) is 0.364. The van der Waals surface area contributed by atoms with E-state index in [1.807, 2.05) is 0 Å². The van der Waals surface area contributed by atoms with Gasteiger partial charge in [-0.3, -0.25) is 19.9 Å². The minimum Gasteiger partial charge on any atom is -0.445 e. The van der Waals surface area contributed by atoms with Gasteiger partial charge >= 0.3 is 6.09 Å². The highest BCUT2D eigenvalue weighted by atomic mass is 16.6. The van der Waals surface area contributed by atoms with Crippen LogP contribution in [0.2, 0.25) is 0 Å². The highest BCUT2D eigenvalue weighted by molar-refractivity contribution is 5.68. The third-order valence-electron chi connectivity index (χ3n) is 8.32. The predicted octanol–water partition coefficient (Wildman–Crippen LogP) is 5.85. The molecule has 41 heavy (non-hydrogen) atoms. The van der Waals surface area contributed by atoms with E-state index < -0.39 is 4.92 Å². The Morgan fingerprint density at radius 1 is 0.951 bits per heavy atom. The molecule has 0 N–H and O–H groups in total. The first kappa shape index (κ1) is 28.5. The maximum absolute atomic E-state index is 13.1. The summed E-state index contributed by atoms with van der Waals surface area (Å²) in [6.45, 7) is 9.18. The molecule has 3 aromatic rings. The lowest BCUT2D eigenvalue weighted by Gasteiger charge is -2.41. The van der Waals surface area contributed by atoms with Crippen LogP contribution in [0.3, 0.4) is 0 Å². The van der Waals surface area contributed by atoms with Crippen LogP contribution < -0.4 is 0 Å². The van der Waals surface area contributed by atoms with Crippen molar-refractivity contribution in [1.82, 2.24) is 14.7 Å². The molecule has 8 heteroatoms. The molecule has 0 aliphatic carbocycles. The Labute approximate surface area is 242 Å². The minimum atomic E-state index is -0.442. The average Bonchev–Trinajstić information content (AvgIpc) is 3.43. The van der Waals surface area contributed by atoms with Gasteiger partial charge in [0.15, 0.2) is 0 Å². The van der Waals surface area contributed by atoms with Crippen LogP contribution in [0.25, 0.3) is 0 Å². The zero-order valence-electron chi connectivity index (χ0n) is 23.4. The second-order valence-electron chi connectivity index (χ2n) is 11.0. The van der Waals surface area contributed by atoms with E-state index in [9.17, 15) is 14.9 Å². The number of hydrogen-bond donors (Lipinski definition) is 0. The minimum absolute atomic E-state index is 0.0140. The van der Waals surface area contributed by atoms with Crippen molar-refractivity contribution in [3.05, 3.63) is 124 Å². The molecule has 2 aliphatic rings. The zero-order valence-corrected chi connectivity index (χ0v) is 23.4. The smallest absolute Gasteiger partial charge is 0.410 e. The number of likely N-dealkylation sites (tertiary alicyclic amines) is 2. The molecule has 214 valence electrons. The molecule has 1 amide bonds. The quantitative estimate of drug-likeness (QED) is 0.178. The van der Waals surface area contributed by atoms with Gasteiger partial charge in [0, 0.05) is 69.4 Å². The van der Waals surface area contributed by atoms with Crippen molar-refractivity contribution in [1.29, 1.82) is 0 Å². The number of amides is 1. The molecule has 2 aliphatic heterocycles. The lowest BCUT2D eigenvalue weighted by atomic mass is 9.91. The Morgan fingerprint density at radius 3 is 2.24 bits per heavy atom. The molecule has 2 heterocycles. The SMILES string of the molecule is C=CCN(C(=O)OCc1ccc([N+](=O)[O-])cc1)C1CCN([C@@H]2CN(Cc3ccccc3)C[C@H]2c2ccccc2)CC1. The number of carbonyl (C=O) groups is 1. The van der Waals surface area contributed by atoms with Crippen LogP contribution in [0.4, 0.5) is 10.5 Å². The van der Waals surface area contributed by atoms with Crippen molar-refractivity contribution in [3.8, 4) is 0 Å². The fourth-order valence-corrected chi connectivity index (χ4v) is 6.22. The van der Waals surface area contributed by atoms with E-state index in [0.29, 0.717) is 24.1 Å². The van der Waals surface area contributed by atoms with Crippen LogP contribution in [0.5, 0.6) is 0 Å². The Morgan fingerprint density at radius 2 is 1.61 bits per heavy atom. The van der Waals surface area contributed by atoms with E-state index in [1.165, 1.54) is 23.3 Å². The van der Waals surface area contributed by atoms with E-state index in [4.69, 9.17) is 4.74 Å². The van der Waals surface area contributed by atoms with Gasteiger partial charge in [-0.15, -0.1) is 6.58 Å². The van der Waals surface area contributed by atoms with Gasteiger partial charge < -0.3 is 9.64 Å². The van der Waals surface area contributed by atoms with Crippen molar-refractivity contribution in [2.75, 3.05) is 32.7 Å². The Kier molecular flexibility index (Phi) is 9.44. The number of nitro groups is 1. The summed E-state index contributed by atoms with van der Waals surface area (Å²) in [4.78, 5) is 30.5. The van der Waals surface area contributed by atoms with Crippen molar-refractivity contribution in [3.63, 3.8) is 0 Å². The van der Waals surface area contributed by atoms with Crippen LogP contribution in [0, 0.1) is 10.1 Å². The van der Waals surface area contributed by atoms with Crippen molar-refractivity contribution < 1.29 is 14.5 Å². The summed E-state index contributed by atoms with van der Waals surface area (Å²) >= 11 is 0. The second kappa shape index (κ2) is 13.6. The van der Waals surface area contributed by atoms with E-state index in [2.05, 4.69) is 77.0 Å². The molecule has 3 aromatic carbocycles. The number of nitro benzene ring substituents is 1. The summed E-state index contributed by atoms with van der Waals surface area (Å²) in [5.74, 6) is 0.437. The zero-order chi connectivity index (χ0) is 28.6. The second-order valence-corrected chi connectivity index (χ2v) is 11.0. The number of non-ortho nitro benzene ring substituents is 1. The van der Waals surface area contributed by atoms with Crippen molar-refractivity contribution in [2.24, 2.45) is 0 Å². The highest BCUT2D eigenvalue weighted by Crippen LogP contribution is 2.34. The van der Waals surface area contributed by atoms with Gasteiger partial charge in [-0.1, -0.05) is 66.7 Å². The third kappa shape index (κ3) is 7.20. The summed E-state index contributed by atoms with van der Waals surface area (Å²) in [5.41, 5.74) is 3.45. The number of piperidine rings is 1. The number of carbonyl (C=O) groups excluding carboxylic acids is 1. The lowest BCUT2D eigenvalue weighted by Crippen LogP contribution is -2.51. The summed E-state index contributed by atoms with van der Waals surface area (Å²) in [6, 6.07) is 28.1. The Bertz CT molecular complexity index is 1290. The molecule has 0 radical (unpaired) electrons. The molecule has 5 rings (SSSR count). The first-order valence-electron chi connectivity index (χ1n) is 14.3. The number of ether oxygens (including phenoxy) is 1. The molecule has 0 saturated carbocycles. The van der Waals surface area contributed by atoms with Crippen LogP contribution >= 0.6 is 0 Å². The van der Waals surface area contributed by atoms with Gasteiger partial charge in [0.25, 0.3) is 5.69 Å². The van der Waals surface area contributed by atoms with Crippen LogP contribution in [0.1, 0.15) is 35.4 Å². The van der Waals surface area contributed by atoms with Crippen LogP contribution in [-0.2, 0) is 17.9 Å². The number of nitrogens with zero attached hydrogens (tertiary/aromatic N) is 4. The van der Waals surface area contributed by atoms with Gasteiger partial charge in [-0.05, 0) is 41.7 Å². The number of benzene rings is 3. The molecule has 0 unspecified atom stereocenters. The third-order valence-corrected chi connectivity index (χ3v) is 8.32. The molecule has 0 bridgehead atoms. The number of hydrogen-bond acceptors (Lipinski definition) is 6. The Balaban J connectivity index is 1.20. The first-order chi connectivity index (χ1) is 20.0. The van der Waals surface area contributed by atoms with Gasteiger partial charge in [0.2, 0.25) is 0 Å². The lowest BCUT2D eigenvalue weighted by molar-refractivity contribution is -0.384. The molecule has 8 nitrogen and oxygen atoms in total. The maximum atomic E-state index is 13.1. The molecular formula is C33H38N4O4. The van der Waals surface area contributed by atoms with E-state index in [0.717, 1.165) is 45.6 Å². The average molecular weight is 555 g/mol. The largest absolute Gasteiger partial charge is 0.445 e. The molecule has 2 fully saturated rings. The summed E-state index contributed by atoms with van der Waals surface area (Å²) in [5, 5.41) is 10.9.